The van der Waals surface area contributed by atoms with Gasteiger partial charge in [0, 0.05) is 35.3 Å². The van der Waals surface area contributed by atoms with Gasteiger partial charge in [0.15, 0.2) is 0 Å². The molecule has 3 N–H and O–H groups in total. The third-order valence-electron chi connectivity index (χ3n) is 7.40. The van der Waals surface area contributed by atoms with E-state index in [0.717, 1.165) is 54.0 Å². The van der Waals surface area contributed by atoms with Crippen LogP contribution in [0.2, 0.25) is 0 Å². The van der Waals surface area contributed by atoms with Gasteiger partial charge in [-0.3, -0.25) is 14.3 Å². The van der Waals surface area contributed by atoms with Crippen molar-refractivity contribution in [2.45, 2.75) is 45.2 Å². The summed E-state index contributed by atoms with van der Waals surface area (Å²) in [6, 6.07) is 18.4. The summed E-state index contributed by atoms with van der Waals surface area (Å²) in [6.07, 6.45) is 4.54. The number of anilines is 1. The Hall–Kier alpha value is -3.71. The van der Waals surface area contributed by atoms with Crippen LogP contribution in [0.1, 0.15) is 58.2 Å². The van der Waals surface area contributed by atoms with E-state index >= 15 is 0 Å². The highest BCUT2D eigenvalue weighted by molar-refractivity contribution is 6.06. The topological polar surface area (TPSA) is 89.1 Å². The number of nitrogens with zero attached hydrogens (tertiary/aromatic N) is 4. The van der Waals surface area contributed by atoms with Crippen LogP contribution < -0.4 is 11.1 Å². The van der Waals surface area contributed by atoms with Gasteiger partial charge in [0.2, 0.25) is 11.9 Å². The Bertz CT molecular complexity index is 1410. The van der Waals surface area contributed by atoms with Crippen molar-refractivity contribution in [2.75, 3.05) is 18.4 Å². The molecule has 7 nitrogen and oxygen atoms in total. The summed E-state index contributed by atoms with van der Waals surface area (Å²) in [4.78, 5) is 24.9. The normalized spacial score (nSPS) is 17.7. The Kier molecular flexibility index (Phi) is 5.49. The maximum absolute atomic E-state index is 12.1. The molecule has 178 valence electrons. The molecule has 1 amide bonds. The monoisotopic (exact) mass is 466 g/mol. The van der Waals surface area contributed by atoms with Crippen LogP contribution in [0.3, 0.4) is 0 Å². The second kappa shape index (κ2) is 8.82. The number of fused-ring (bicyclic) bond motifs is 4. The number of hydrogen-bond donors (Lipinski definition) is 2. The van der Waals surface area contributed by atoms with Crippen LogP contribution >= 0.6 is 0 Å². The third-order valence-corrected chi connectivity index (χ3v) is 7.40. The van der Waals surface area contributed by atoms with Crippen molar-refractivity contribution in [1.29, 1.82) is 0 Å². The summed E-state index contributed by atoms with van der Waals surface area (Å²) in [7, 11) is 0. The van der Waals surface area contributed by atoms with Crippen molar-refractivity contribution in [3.8, 4) is 5.95 Å². The molecule has 4 aromatic rings. The second-order valence-electron chi connectivity index (χ2n) is 9.60. The van der Waals surface area contributed by atoms with Crippen molar-refractivity contribution in [1.82, 2.24) is 19.4 Å². The van der Waals surface area contributed by atoms with Gasteiger partial charge in [-0.1, -0.05) is 42.8 Å². The lowest BCUT2D eigenvalue weighted by Gasteiger charge is -2.40. The molecule has 2 aromatic carbocycles. The molecule has 35 heavy (non-hydrogen) atoms. The summed E-state index contributed by atoms with van der Waals surface area (Å²) >= 11 is 0. The predicted molar refractivity (Wildman–Crippen MR) is 138 cm³/mol. The molecule has 0 bridgehead atoms. The molecule has 1 atom stereocenters. The highest BCUT2D eigenvalue weighted by atomic mass is 16.1. The maximum Gasteiger partial charge on any atom is 0.249 e. The van der Waals surface area contributed by atoms with Crippen LogP contribution in [0.5, 0.6) is 0 Å². The summed E-state index contributed by atoms with van der Waals surface area (Å²) in [5.41, 5.74) is 11.6. The van der Waals surface area contributed by atoms with Crippen molar-refractivity contribution >= 4 is 22.6 Å². The number of benzene rings is 2. The van der Waals surface area contributed by atoms with Crippen molar-refractivity contribution < 1.29 is 4.79 Å². The third kappa shape index (κ3) is 3.86. The Labute approximate surface area is 205 Å². The molecule has 7 heteroatoms. The zero-order valence-corrected chi connectivity index (χ0v) is 20.0. The van der Waals surface area contributed by atoms with E-state index in [-0.39, 0.29) is 0 Å². The van der Waals surface area contributed by atoms with E-state index < -0.39 is 5.91 Å². The molecule has 0 spiro atoms. The summed E-state index contributed by atoms with van der Waals surface area (Å²) in [5, 5.41) is 4.46. The molecule has 4 heterocycles. The number of amides is 1. The van der Waals surface area contributed by atoms with Crippen LogP contribution in [-0.4, -0.2) is 38.4 Å². The predicted octanol–water partition coefficient (Wildman–Crippen LogP) is 4.52. The van der Waals surface area contributed by atoms with E-state index in [4.69, 9.17) is 15.7 Å². The first-order valence-electron chi connectivity index (χ1n) is 12.4. The minimum absolute atomic E-state index is 0.329. The molecular weight excluding hydrogens is 436 g/mol. The first kappa shape index (κ1) is 21.8. The lowest BCUT2D eigenvalue weighted by atomic mass is 9.91. The van der Waals surface area contributed by atoms with Crippen LogP contribution in [0.15, 0.2) is 54.6 Å². The smallest absolute Gasteiger partial charge is 0.249 e. The van der Waals surface area contributed by atoms with Gasteiger partial charge >= 0.3 is 0 Å². The molecule has 2 aromatic heterocycles. The molecular formula is C28H30N6O. The zero-order chi connectivity index (χ0) is 23.9. The quantitative estimate of drug-likeness (QED) is 0.451. The van der Waals surface area contributed by atoms with Crippen LogP contribution in [0.25, 0.3) is 16.9 Å². The summed E-state index contributed by atoms with van der Waals surface area (Å²) in [5.74, 6) is 1.12. The largest absolute Gasteiger partial charge is 0.366 e. The average molecular weight is 467 g/mol. The Morgan fingerprint density at radius 2 is 1.94 bits per heavy atom. The van der Waals surface area contributed by atoms with E-state index in [1.807, 2.05) is 31.2 Å². The number of nitrogens with two attached hydrogens (primary N) is 1. The molecule has 0 saturated carbocycles. The Morgan fingerprint density at radius 3 is 2.77 bits per heavy atom. The summed E-state index contributed by atoms with van der Waals surface area (Å²) < 4.78 is 2.05. The first-order chi connectivity index (χ1) is 17.1. The summed E-state index contributed by atoms with van der Waals surface area (Å²) in [6.45, 7) is 4.91. The number of piperidine rings is 1. The fourth-order valence-corrected chi connectivity index (χ4v) is 5.71. The van der Waals surface area contributed by atoms with Crippen LogP contribution in [0.4, 0.5) is 5.82 Å². The average Bonchev–Trinajstić information content (AvgIpc) is 3.23. The van der Waals surface area contributed by atoms with E-state index in [0.29, 0.717) is 24.1 Å². The lowest BCUT2D eigenvalue weighted by molar-refractivity contribution is 0.100. The number of hydrogen-bond acceptors (Lipinski definition) is 5. The van der Waals surface area contributed by atoms with Gasteiger partial charge in [0.25, 0.3) is 0 Å². The number of carbonyl (C=O) groups excluding carboxylic acids is 1. The van der Waals surface area contributed by atoms with Crippen molar-refractivity contribution in [3.05, 3.63) is 82.7 Å². The Balaban J connectivity index is 1.50. The minimum atomic E-state index is -0.429. The number of carbonyl (C=O) groups is 1. The molecule has 1 unspecified atom stereocenters. The molecule has 1 fully saturated rings. The molecule has 2 aliphatic rings. The molecule has 1 saturated heterocycles. The molecule has 0 aliphatic carbocycles. The molecule has 0 radical (unpaired) electrons. The van der Waals surface area contributed by atoms with Crippen LogP contribution in [-0.2, 0) is 13.0 Å². The van der Waals surface area contributed by atoms with Gasteiger partial charge in [-0.05, 0) is 56.5 Å². The van der Waals surface area contributed by atoms with Gasteiger partial charge in [-0.25, -0.2) is 4.98 Å². The van der Waals surface area contributed by atoms with Gasteiger partial charge < -0.3 is 11.1 Å². The van der Waals surface area contributed by atoms with E-state index in [2.05, 4.69) is 39.0 Å². The Morgan fingerprint density at radius 1 is 1.09 bits per heavy atom. The van der Waals surface area contributed by atoms with Crippen molar-refractivity contribution in [2.24, 2.45) is 5.73 Å². The van der Waals surface area contributed by atoms with Gasteiger partial charge in [-0.15, -0.1) is 0 Å². The number of aryl methyl sites for hydroxylation is 1. The van der Waals surface area contributed by atoms with E-state index in [1.54, 1.807) is 6.07 Å². The fourth-order valence-electron chi connectivity index (χ4n) is 5.71. The van der Waals surface area contributed by atoms with Crippen molar-refractivity contribution in [3.63, 3.8) is 0 Å². The van der Waals surface area contributed by atoms with Crippen LogP contribution in [0, 0.1) is 6.92 Å². The maximum atomic E-state index is 12.1. The second-order valence-corrected chi connectivity index (χ2v) is 9.60. The standard InChI is InChI=1S/C28H30N6O/c1-18-16-22-20(26(29)35)10-7-12-23(22)34(18)28-31-25-21(13-15-33-14-6-5-11-24(25)33)27(32-28)30-17-19-8-3-2-4-9-19/h2-4,7-10,12,16,24H,5-6,11,13-15,17H2,1H3,(H2,29,35)(H,30,31,32). The zero-order valence-electron chi connectivity index (χ0n) is 20.0. The highest BCUT2D eigenvalue weighted by Gasteiger charge is 2.33. The first-order valence-corrected chi connectivity index (χ1v) is 12.4. The molecule has 2 aliphatic heterocycles. The van der Waals surface area contributed by atoms with Gasteiger partial charge in [0.05, 0.1) is 17.3 Å². The fraction of sp³-hybridized carbons (Fsp3) is 0.321. The number of aromatic nitrogens is 3. The van der Waals surface area contributed by atoms with Gasteiger partial charge in [0.1, 0.15) is 5.82 Å². The highest BCUT2D eigenvalue weighted by Crippen LogP contribution is 2.38. The van der Waals surface area contributed by atoms with E-state index in [9.17, 15) is 4.79 Å². The number of rotatable bonds is 5. The van der Waals surface area contributed by atoms with Gasteiger partial charge in [-0.2, -0.15) is 4.98 Å². The SMILES string of the molecule is Cc1cc2c(C(N)=O)cccc2n1-c1nc(NCc2ccccc2)c2c(n1)C1CCCCN1CC2. The molecule has 6 rings (SSSR count). The van der Waals surface area contributed by atoms with E-state index in [1.165, 1.54) is 24.0 Å². The number of nitrogens with one attached hydrogen (secondary N) is 1. The minimum Gasteiger partial charge on any atom is -0.366 e. The number of primary amides is 1. The lowest BCUT2D eigenvalue weighted by Crippen LogP contribution is -2.40.